The van der Waals surface area contributed by atoms with Crippen molar-refractivity contribution in [3.63, 3.8) is 0 Å². The van der Waals surface area contributed by atoms with Crippen LogP contribution in [0.15, 0.2) is 30.3 Å². The van der Waals surface area contributed by atoms with Crippen molar-refractivity contribution in [1.29, 1.82) is 0 Å². The molecule has 1 aliphatic heterocycles. The van der Waals surface area contributed by atoms with Crippen LogP contribution in [0.1, 0.15) is 11.1 Å². The number of hydrogen-bond acceptors (Lipinski definition) is 4. The zero-order chi connectivity index (χ0) is 17.6. The molecule has 3 rings (SSSR count). The molecular weight excluding hydrogens is 327 g/mol. The van der Waals surface area contributed by atoms with Crippen LogP contribution in [0.3, 0.4) is 0 Å². The largest absolute Gasteiger partial charge is 0.496 e. The van der Waals surface area contributed by atoms with Crippen LogP contribution in [0.4, 0.5) is 18.9 Å². The maximum Gasteiger partial charge on any atom is 0.296 e. The second kappa shape index (κ2) is 5.41. The third-order valence-corrected chi connectivity index (χ3v) is 3.92. The van der Waals surface area contributed by atoms with Crippen molar-refractivity contribution in [2.45, 2.75) is 5.60 Å². The summed E-state index contributed by atoms with van der Waals surface area (Å²) in [4.78, 5) is 12.3. The van der Waals surface area contributed by atoms with Gasteiger partial charge in [-0.1, -0.05) is 22.7 Å². The summed E-state index contributed by atoms with van der Waals surface area (Å²) in [5, 5.41) is 10.4. The van der Waals surface area contributed by atoms with Crippen molar-refractivity contribution in [2.75, 3.05) is 19.3 Å². The summed E-state index contributed by atoms with van der Waals surface area (Å²) >= 11 is 0. The molecule has 1 aliphatic rings. The Labute approximate surface area is 134 Å². The highest BCUT2D eigenvalue weighted by molar-refractivity contribution is 6.08. The molecule has 0 saturated heterocycles. The molecule has 5 nitrogen and oxygen atoms in total. The number of fused-ring (bicyclic) bond motifs is 1. The number of halogens is 3. The van der Waals surface area contributed by atoms with E-state index in [1.54, 1.807) is 6.07 Å². The number of benzene rings is 2. The zero-order valence-corrected chi connectivity index (χ0v) is 12.6. The van der Waals surface area contributed by atoms with Crippen molar-refractivity contribution < 1.29 is 32.6 Å². The van der Waals surface area contributed by atoms with E-state index < -0.39 is 45.3 Å². The van der Waals surface area contributed by atoms with E-state index in [0.717, 1.165) is 7.11 Å². The predicted molar refractivity (Wildman–Crippen MR) is 77.5 cm³/mol. The van der Waals surface area contributed by atoms with E-state index in [9.17, 15) is 23.2 Å². The lowest BCUT2D eigenvalue weighted by atomic mass is 9.86. The predicted octanol–water partition coefficient (Wildman–Crippen LogP) is 2.45. The second-order valence-electron chi connectivity index (χ2n) is 5.10. The van der Waals surface area contributed by atoms with Crippen molar-refractivity contribution in [2.24, 2.45) is 0 Å². The Balaban J connectivity index is 2.39. The zero-order valence-electron chi connectivity index (χ0n) is 12.6. The van der Waals surface area contributed by atoms with Gasteiger partial charge in [-0.2, -0.15) is 0 Å². The first kappa shape index (κ1) is 16.1. The minimum absolute atomic E-state index is 0.0392. The fourth-order valence-corrected chi connectivity index (χ4v) is 2.83. The normalized spacial score (nSPS) is 19.4. The molecule has 1 amide bonds. The molecule has 0 saturated carbocycles. The summed E-state index contributed by atoms with van der Waals surface area (Å²) in [6, 6.07) is 6.31. The minimum Gasteiger partial charge on any atom is -0.496 e. The summed E-state index contributed by atoms with van der Waals surface area (Å²) < 4.78 is 52.4. The van der Waals surface area contributed by atoms with Gasteiger partial charge in [-0.3, -0.25) is 4.79 Å². The van der Waals surface area contributed by atoms with Crippen molar-refractivity contribution >= 4 is 11.6 Å². The number of ether oxygens (including phenoxy) is 2. The van der Waals surface area contributed by atoms with E-state index in [2.05, 4.69) is 4.74 Å². The Morgan fingerprint density at radius 3 is 2.46 bits per heavy atom. The van der Waals surface area contributed by atoms with Crippen LogP contribution < -0.4 is 14.6 Å². The monoisotopic (exact) mass is 339 g/mol. The molecule has 0 bridgehead atoms. The Hall–Kier alpha value is -2.74. The maximum absolute atomic E-state index is 14.7. The molecule has 0 fully saturated rings. The van der Waals surface area contributed by atoms with Gasteiger partial charge < -0.3 is 14.6 Å². The highest BCUT2D eigenvalue weighted by Gasteiger charge is 2.56. The van der Waals surface area contributed by atoms with Crippen LogP contribution in [-0.2, 0) is 10.4 Å². The summed E-state index contributed by atoms with van der Waals surface area (Å²) in [5.41, 5.74) is -4.37. The van der Waals surface area contributed by atoms with E-state index >= 15 is 0 Å². The highest BCUT2D eigenvalue weighted by Crippen LogP contribution is 2.50. The maximum atomic E-state index is 14.7. The lowest BCUT2D eigenvalue weighted by Gasteiger charge is -2.24. The fraction of sp³-hybridized carbons (Fsp3) is 0.188. The lowest BCUT2D eigenvalue weighted by Crippen LogP contribution is -2.38. The average Bonchev–Trinajstić information content (AvgIpc) is 2.77. The molecule has 0 spiro atoms. The standard InChI is InChI=1S/C16H12F3NO4/c1-23-11-6-4-3-5-8(11)16(22)12-10(20(19)15(16)21)7-9(17)14(24-2)13(12)18/h3-7,22H,1-2H3. The van der Waals surface area contributed by atoms with E-state index in [1.807, 2.05) is 0 Å². The van der Waals surface area contributed by atoms with Gasteiger partial charge in [-0.05, 0) is 6.07 Å². The molecule has 0 aliphatic carbocycles. The Morgan fingerprint density at radius 2 is 1.83 bits per heavy atom. The van der Waals surface area contributed by atoms with E-state index in [-0.39, 0.29) is 11.3 Å². The number of amides is 1. The van der Waals surface area contributed by atoms with Crippen LogP contribution in [0.25, 0.3) is 0 Å². The van der Waals surface area contributed by atoms with Crippen LogP contribution in [-0.4, -0.2) is 25.2 Å². The number of aliphatic hydroxyl groups is 1. The SMILES string of the molecule is COc1ccccc1C1(O)C(=O)N(F)c2cc(F)c(OC)c(F)c21. The summed E-state index contributed by atoms with van der Waals surface area (Å²) in [5.74, 6) is -4.83. The van der Waals surface area contributed by atoms with E-state index in [4.69, 9.17) is 4.74 Å². The number of methoxy groups -OCH3 is 2. The molecule has 0 aromatic heterocycles. The van der Waals surface area contributed by atoms with Crippen molar-refractivity contribution in [3.8, 4) is 11.5 Å². The Bertz CT molecular complexity index is 842. The van der Waals surface area contributed by atoms with Crippen LogP contribution in [0.2, 0.25) is 0 Å². The van der Waals surface area contributed by atoms with Gasteiger partial charge in [0.05, 0.1) is 25.5 Å². The minimum atomic E-state index is -2.72. The molecule has 2 aromatic carbocycles. The van der Waals surface area contributed by atoms with Gasteiger partial charge in [0.2, 0.25) is 5.60 Å². The fourth-order valence-electron chi connectivity index (χ4n) is 2.83. The summed E-state index contributed by atoms with van der Waals surface area (Å²) in [6.07, 6.45) is 0. The molecule has 8 heteroatoms. The van der Waals surface area contributed by atoms with Gasteiger partial charge in [0, 0.05) is 11.6 Å². The molecule has 1 heterocycles. The average molecular weight is 339 g/mol. The van der Waals surface area contributed by atoms with Crippen molar-refractivity contribution in [1.82, 2.24) is 0 Å². The van der Waals surface area contributed by atoms with E-state index in [0.29, 0.717) is 6.07 Å². The molecule has 1 N–H and O–H groups in total. The van der Waals surface area contributed by atoms with Crippen LogP contribution in [0, 0.1) is 11.6 Å². The van der Waals surface area contributed by atoms with Crippen LogP contribution in [0.5, 0.6) is 11.5 Å². The number of carbonyl (C=O) groups is 1. The molecule has 2 aromatic rings. The molecular formula is C16H12F3NO4. The Morgan fingerprint density at radius 1 is 1.17 bits per heavy atom. The topological polar surface area (TPSA) is 59.0 Å². The number of nitrogens with zero attached hydrogens (tertiary/aromatic N) is 1. The number of anilines is 1. The first-order valence-electron chi connectivity index (χ1n) is 6.80. The highest BCUT2D eigenvalue weighted by atomic mass is 19.2. The van der Waals surface area contributed by atoms with Crippen LogP contribution >= 0.6 is 0 Å². The summed E-state index contributed by atoms with van der Waals surface area (Å²) in [6.45, 7) is 0. The number of carbonyl (C=O) groups excluding carboxylic acids is 1. The van der Waals surface area contributed by atoms with Gasteiger partial charge in [0.15, 0.2) is 17.4 Å². The third kappa shape index (κ3) is 1.89. The van der Waals surface area contributed by atoms with Gasteiger partial charge in [0.1, 0.15) is 5.75 Å². The quantitative estimate of drug-likeness (QED) is 0.873. The Kier molecular flexibility index (Phi) is 3.64. The molecule has 1 unspecified atom stereocenters. The third-order valence-electron chi connectivity index (χ3n) is 3.92. The second-order valence-corrected chi connectivity index (χ2v) is 5.10. The van der Waals surface area contributed by atoms with Crippen molar-refractivity contribution in [3.05, 3.63) is 53.1 Å². The first-order valence-corrected chi connectivity index (χ1v) is 6.80. The van der Waals surface area contributed by atoms with Gasteiger partial charge in [0.25, 0.3) is 5.91 Å². The lowest BCUT2D eigenvalue weighted by molar-refractivity contribution is -0.135. The number of rotatable bonds is 3. The van der Waals surface area contributed by atoms with Gasteiger partial charge in [-0.15, -0.1) is 5.12 Å². The molecule has 0 radical (unpaired) electrons. The molecule has 24 heavy (non-hydrogen) atoms. The van der Waals surface area contributed by atoms with Gasteiger partial charge >= 0.3 is 0 Å². The number of hydrogen-bond donors (Lipinski definition) is 1. The summed E-state index contributed by atoms with van der Waals surface area (Å²) in [7, 11) is 2.29. The number of para-hydroxylation sites is 1. The molecule has 1 atom stereocenters. The first-order chi connectivity index (χ1) is 11.4. The smallest absolute Gasteiger partial charge is 0.296 e. The molecule has 126 valence electrons. The van der Waals surface area contributed by atoms with Gasteiger partial charge in [-0.25, -0.2) is 8.78 Å². The van der Waals surface area contributed by atoms with E-state index in [1.165, 1.54) is 25.3 Å².